The van der Waals surface area contributed by atoms with Gasteiger partial charge in [-0.25, -0.2) is 0 Å². The SMILES string of the molecule is CN=C(NCC1CC(C)N(Cc2ccccc2)C1)N1CCN(Cc2ccon2)CC1. The van der Waals surface area contributed by atoms with Crippen molar-refractivity contribution in [3.05, 3.63) is 53.9 Å². The highest BCUT2D eigenvalue weighted by Crippen LogP contribution is 2.24. The second-order valence-corrected chi connectivity index (χ2v) is 8.55. The van der Waals surface area contributed by atoms with E-state index in [4.69, 9.17) is 4.52 Å². The van der Waals surface area contributed by atoms with E-state index < -0.39 is 0 Å². The molecule has 30 heavy (non-hydrogen) atoms. The van der Waals surface area contributed by atoms with Crippen molar-refractivity contribution in [2.75, 3.05) is 46.3 Å². The van der Waals surface area contributed by atoms with Crippen molar-refractivity contribution in [1.82, 2.24) is 25.2 Å². The molecular formula is C23H34N6O. The van der Waals surface area contributed by atoms with Crippen molar-refractivity contribution in [2.45, 2.75) is 32.5 Å². The molecule has 2 aliphatic rings. The van der Waals surface area contributed by atoms with Crippen LogP contribution >= 0.6 is 0 Å². The summed E-state index contributed by atoms with van der Waals surface area (Å²) in [6.07, 6.45) is 2.88. The van der Waals surface area contributed by atoms with E-state index in [2.05, 4.69) is 67.4 Å². The Hall–Kier alpha value is -2.38. The first-order valence-corrected chi connectivity index (χ1v) is 11.1. The van der Waals surface area contributed by atoms with Crippen molar-refractivity contribution >= 4 is 5.96 Å². The lowest BCUT2D eigenvalue weighted by molar-refractivity contribution is 0.168. The van der Waals surface area contributed by atoms with Crippen molar-refractivity contribution in [3.63, 3.8) is 0 Å². The minimum atomic E-state index is 0.624. The van der Waals surface area contributed by atoms with Crippen molar-refractivity contribution in [3.8, 4) is 0 Å². The van der Waals surface area contributed by atoms with Crippen molar-refractivity contribution in [2.24, 2.45) is 10.9 Å². The van der Waals surface area contributed by atoms with Gasteiger partial charge in [0.05, 0.1) is 5.69 Å². The van der Waals surface area contributed by atoms with Gasteiger partial charge in [-0.3, -0.25) is 14.8 Å². The highest BCUT2D eigenvalue weighted by atomic mass is 16.5. The van der Waals surface area contributed by atoms with Gasteiger partial charge in [-0.15, -0.1) is 0 Å². The Balaban J connectivity index is 1.21. The highest BCUT2D eigenvalue weighted by molar-refractivity contribution is 5.80. The largest absolute Gasteiger partial charge is 0.364 e. The summed E-state index contributed by atoms with van der Waals surface area (Å²) >= 11 is 0. The van der Waals surface area contributed by atoms with Gasteiger partial charge in [0, 0.05) is 71.5 Å². The maximum Gasteiger partial charge on any atom is 0.193 e. The van der Waals surface area contributed by atoms with Crippen LogP contribution in [0.25, 0.3) is 0 Å². The number of nitrogens with zero attached hydrogens (tertiary/aromatic N) is 5. The summed E-state index contributed by atoms with van der Waals surface area (Å²) in [5, 5.41) is 7.67. The molecule has 2 unspecified atom stereocenters. The number of hydrogen-bond donors (Lipinski definition) is 1. The van der Waals surface area contributed by atoms with E-state index in [1.807, 2.05) is 13.1 Å². The molecule has 2 aliphatic heterocycles. The minimum absolute atomic E-state index is 0.624. The molecule has 162 valence electrons. The Kier molecular flexibility index (Phi) is 7.02. The van der Waals surface area contributed by atoms with E-state index in [1.54, 1.807) is 6.26 Å². The van der Waals surface area contributed by atoms with Crippen LogP contribution in [0.2, 0.25) is 0 Å². The lowest BCUT2D eigenvalue weighted by Gasteiger charge is -2.36. The number of aromatic nitrogens is 1. The average molecular weight is 411 g/mol. The van der Waals surface area contributed by atoms with Crippen LogP contribution in [0.4, 0.5) is 0 Å². The van der Waals surface area contributed by atoms with E-state index in [-0.39, 0.29) is 0 Å². The van der Waals surface area contributed by atoms with Gasteiger partial charge in [0.2, 0.25) is 0 Å². The molecule has 0 amide bonds. The molecule has 2 saturated heterocycles. The zero-order valence-corrected chi connectivity index (χ0v) is 18.2. The molecule has 4 rings (SSSR count). The van der Waals surface area contributed by atoms with Crippen LogP contribution in [0.5, 0.6) is 0 Å². The number of hydrogen-bond acceptors (Lipinski definition) is 5. The molecule has 2 aromatic rings. The van der Waals surface area contributed by atoms with Crippen LogP contribution < -0.4 is 5.32 Å². The van der Waals surface area contributed by atoms with Gasteiger partial charge < -0.3 is 14.7 Å². The smallest absolute Gasteiger partial charge is 0.193 e. The van der Waals surface area contributed by atoms with Crippen LogP contribution in [0, 0.1) is 5.92 Å². The molecule has 2 atom stereocenters. The fourth-order valence-electron chi connectivity index (χ4n) is 4.64. The number of likely N-dealkylation sites (tertiary alicyclic amines) is 1. The Bertz CT molecular complexity index is 785. The summed E-state index contributed by atoms with van der Waals surface area (Å²) in [5.41, 5.74) is 2.40. The van der Waals surface area contributed by atoms with Crippen LogP contribution in [-0.2, 0) is 13.1 Å². The normalized spacial score (nSPS) is 23.8. The fraction of sp³-hybridized carbons (Fsp3) is 0.565. The van der Waals surface area contributed by atoms with Gasteiger partial charge in [-0.1, -0.05) is 35.5 Å². The number of nitrogens with one attached hydrogen (secondary N) is 1. The highest BCUT2D eigenvalue weighted by Gasteiger charge is 2.29. The Morgan fingerprint density at radius 1 is 1.13 bits per heavy atom. The quantitative estimate of drug-likeness (QED) is 0.582. The fourth-order valence-corrected chi connectivity index (χ4v) is 4.64. The maximum absolute atomic E-state index is 4.94. The average Bonchev–Trinajstić information content (AvgIpc) is 3.40. The topological polar surface area (TPSA) is 60.1 Å². The Morgan fingerprint density at radius 3 is 2.63 bits per heavy atom. The molecule has 1 aromatic carbocycles. The third-order valence-electron chi connectivity index (χ3n) is 6.33. The van der Waals surface area contributed by atoms with Gasteiger partial charge in [0.25, 0.3) is 0 Å². The maximum atomic E-state index is 4.94. The van der Waals surface area contributed by atoms with E-state index in [1.165, 1.54) is 12.0 Å². The Morgan fingerprint density at radius 2 is 1.93 bits per heavy atom. The molecular weight excluding hydrogens is 376 g/mol. The molecule has 1 aromatic heterocycles. The van der Waals surface area contributed by atoms with Crippen LogP contribution in [0.1, 0.15) is 24.6 Å². The van der Waals surface area contributed by atoms with Gasteiger partial charge >= 0.3 is 0 Å². The van der Waals surface area contributed by atoms with Crippen molar-refractivity contribution in [1.29, 1.82) is 0 Å². The summed E-state index contributed by atoms with van der Waals surface area (Å²) in [7, 11) is 1.89. The molecule has 0 aliphatic carbocycles. The molecule has 2 fully saturated rings. The van der Waals surface area contributed by atoms with Gasteiger partial charge in [-0.05, 0) is 24.8 Å². The van der Waals surface area contributed by atoms with Crippen LogP contribution in [0.3, 0.4) is 0 Å². The van der Waals surface area contributed by atoms with Crippen molar-refractivity contribution < 1.29 is 4.52 Å². The molecule has 0 saturated carbocycles. The number of rotatable bonds is 6. The Labute approximate surface area is 179 Å². The molecule has 0 spiro atoms. The summed E-state index contributed by atoms with van der Waals surface area (Å²) in [6.45, 7) is 10.4. The molecule has 7 heteroatoms. The number of aliphatic imine (C=N–C) groups is 1. The van der Waals surface area contributed by atoms with Crippen LogP contribution in [0.15, 0.2) is 52.2 Å². The van der Waals surface area contributed by atoms with E-state index >= 15 is 0 Å². The second-order valence-electron chi connectivity index (χ2n) is 8.55. The summed E-state index contributed by atoms with van der Waals surface area (Å²) in [6, 6.07) is 13.4. The lowest BCUT2D eigenvalue weighted by Crippen LogP contribution is -2.52. The number of benzene rings is 1. The van der Waals surface area contributed by atoms with E-state index in [0.29, 0.717) is 12.0 Å². The summed E-state index contributed by atoms with van der Waals surface area (Å²) in [4.78, 5) is 11.9. The van der Waals surface area contributed by atoms with Crippen LogP contribution in [-0.4, -0.2) is 78.2 Å². The molecule has 0 bridgehead atoms. The summed E-state index contributed by atoms with van der Waals surface area (Å²) in [5.74, 6) is 1.69. The summed E-state index contributed by atoms with van der Waals surface area (Å²) < 4.78 is 4.94. The monoisotopic (exact) mass is 410 g/mol. The lowest BCUT2D eigenvalue weighted by atomic mass is 10.1. The van der Waals surface area contributed by atoms with Gasteiger partial charge in [0.15, 0.2) is 5.96 Å². The predicted molar refractivity (Wildman–Crippen MR) is 119 cm³/mol. The zero-order chi connectivity index (χ0) is 20.8. The first-order valence-electron chi connectivity index (χ1n) is 11.1. The number of piperazine rings is 1. The third kappa shape index (κ3) is 5.40. The van der Waals surface area contributed by atoms with E-state index in [9.17, 15) is 0 Å². The molecule has 1 N–H and O–H groups in total. The first kappa shape index (κ1) is 20.9. The van der Waals surface area contributed by atoms with Gasteiger partial charge in [0.1, 0.15) is 6.26 Å². The third-order valence-corrected chi connectivity index (χ3v) is 6.33. The zero-order valence-electron chi connectivity index (χ0n) is 18.2. The molecule has 3 heterocycles. The molecule has 7 nitrogen and oxygen atoms in total. The minimum Gasteiger partial charge on any atom is -0.364 e. The first-order chi connectivity index (χ1) is 14.7. The standard InChI is InChI=1S/C23H34N6O/c1-19-14-21(17-29(19)16-20-6-4-3-5-7-20)15-25-23(24-2)28-11-9-27(10-12-28)18-22-8-13-30-26-22/h3-8,13,19,21H,9-12,14-18H2,1-2H3,(H,24,25). The number of guanidine groups is 1. The second kappa shape index (κ2) is 10.1. The van der Waals surface area contributed by atoms with Gasteiger partial charge in [-0.2, -0.15) is 0 Å². The molecule has 0 radical (unpaired) electrons. The van der Waals surface area contributed by atoms with E-state index in [0.717, 1.165) is 64.0 Å². The predicted octanol–water partition coefficient (Wildman–Crippen LogP) is 2.28.